The molecule has 0 spiro atoms. The molecule has 0 amide bonds. The standard InChI is InChI=1S/C37H26N2/c1-37(2)30-22-29(31-19-11-20-33(39-31)32-18-9-10-21-38-32)25-14-4-6-15-26(25)34(30)35-27-16-7-3-12-23(27)24-13-5-8-17-28(24)36(35)37/h3-22H,1-2H3. The number of rotatable bonds is 2. The smallest absolute Gasteiger partial charge is 0.0893 e. The van der Waals surface area contributed by atoms with Crippen LogP contribution in [-0.4, -0.2) is 9.97 Å². The van der Waals surface area contributed by atoms with Crippen LogP contribution in [0.5, 0.6) is 0 Å². The minimum Gasteiger partial charge on any atom is -0.255 e. The van der Waals surface area contributed by atoms with Gasteiger partial charge in [0, 0.05) is 17.2 Å². The molecular formula is C37H26N2. The van der Waals surface area contributed by atoms with Crippen molar-refractivity contribution in [3.05, 3.63) is 133 Å². The second-order valence-corrected chi connectivity index (χ2v) is 11.0. The topological polar surface area (TPSA) is 25.8 Å². The Bertz CT molecular complexity index is 2090. The van der Waals surface area contributed by atoms with Crippen molar-refractivity contribution in [3.8, 4) is 33.8 Å². The molecule has 0 fully saturated rings. The second kappa shape index (κ2) is 8.09. The average molecular weight is 499 g/mol. The summed E-state index contributed by atoms with van der Waals surface area (Å²) in [4.78, 5) is 9.67. The number of fused-ring (bicyclic) bond motifs is 10. The Hall–Kier alpha value is -4.82. The Labute approximate surface area is 227 Å². The molecule has 0 saturated heterocycles. The predicted molar refractivity (Wildman–Crippen MR) is 163 cm³/mol. The van der Waals surface area contributed by atoms with Crippen LogP contribution >= 0.6 is 0 Å². The highest BCUT2D eigenvalue weighted by Crippen LogP contribution is 2.57. The van der Waals surface area contributed by atoms with Crippen molar-refractivity contribution in [1.82, 2.24) is 9.97 Å². The Balaban J connectivity index is 1.49. The van der Waals surface area contributed by atoms with E-state index >= 15 is 0 Å². The van der Waals surface area contributed by atoms with Gasteiger partial charge in [0.05, 0.1) is 17.1 Å². The van der Waals surface area contributed by atoms with Gasteiger partial charge in [0.25, 0.3) is 0 Å². The van der Waals surface area contributed by atoms with Crippen LogP contribution in [-0.2, 0) is 5.41 Å². The summed E-state index contributed by atoms with van der Waals surface area (Å²) in [5.41, 5.74) is 9.25. The van der Waals surface area contributed by atoms with Gasteiger partial charge in [0.15, 0.2) is 0 Å². The molecule has 0 saturated carbocycles. The van der Waals surface area contributed by atoms with E-state index in [0.717, 1.165) is 22.6 Å². The Morgan fingerprint density at radius 2 is 1.05 bits per heavy atom. The van der Waals surface area contributed by atoms with Gasteiger partial charge in [-0.25, -0.2) is 4.98 Å². The van der Waals surface area contributed by atoms with Crippen LogP contribution in [0.15, 0.2) is 121 Å². The van der Waals surface area contributed by atoms with Crippen LogP contribution in [0.1, 0.15) is 25.0 Å². The van der Waals surface area contributed by atoms with Gasteiger partial charge >= 0.3 is 0 Å². The summed E-state index contributed by atoms with van der Waals surface area (Å²) in [6.45, 7) is 4.77. The number of nitrogens with zero attached hydrogens (tertiary/aromatic N) is 2. The fraction of sp³-hybridized carbons (Fsp3) is 0.0811. The molecule has 7 aromatic rings. The van der Waals surface area contributed by atoms with Crippen molar-refractivity contribution in [1.29, 1.82) is 0 Å². The minimum absolute atomic E-state index is 0.175. The molecule has 8 rings (SSSR count). The molecule has 2 heteroatoms. The molecule has 0 bridgehead atoms. The van der Waals surface area contributed by atoms with Crippen molar-refractivity contribution in [3.63, 3.8) is 0 Å². The highest BCUT2D eigenvalue weighted by Gasteiger charge is 2.40. The predicted octanol–water partition coefficient (Wildman–Crippen LogP) is 9.58. The van der Waals surface area contributed by atoms with Gasteiger partial charge in [-0.2, -0.15) is 0 Å². The molecule has 2 nitrogen and oxygen atoms in total. The second-order valence-electron chi connectivity index (χ2n) is 11.0. The SMILES string of the molecule is CC1(C)c2cc(-c3cccc(-c4ccccn4)n3)c3ccccc3c2-c2c1c1ccccc1c1ccccc21. The van der Waals surface area contributed by atoms with Crippen molar-refractivity contribution in [2.75, 3.05) is 0 Å². The summed E-state index contributed by atoms with van der Waals surface area (Å²) in [7, 11) is 0. The van der Waals surface area contributed by atoms with E-state index in [1.807, 2.05) is 30.5 Å². The van der Waals surface area contributed by atoms with Crippen LogP contribution in [0.2, 0.25) is 0 Å². The lowest BCUT2D eigenvalue weighted by molar-refractivity contribution is 0.667. The molecule has 0 N–H and O–H groups in total. The first-order chi connectivity index (χ1) is 19.1. The number of pyridine rings is 2. The van der Waals surface area contributed by atoms with E-state index in [-0.39, 0.29) is 5.41 Å². The maximum absolute atomic E-state index is 5.12. The Kier molecular flexibility index (Phi) is 4.60. The summed E-state index contributed by atoms with van der Waals surface area (Å²) in [5.74, 6) is 0. The number of aromatic nitrogens is 2. The van der Waals surface area contributed by atoms with E-state index in [9.17, 15) is 0 Å². The van der Waals surface area contributed by atoms with Crippen molar-refractivity contribution >= 4 is 32.3 Å². The highest BCUT2D eigenvalue weighted by atomic mass is 14.8. The largest absolute Gasteiger partial charge is 0.255 e. The summed E-state index contributed by atoms with van der Waals surface area (Å²) < 4.78 is 0. The summed E-state index contributed by atoms with van der Waals surface area (Å²) in [5, 5.41) is 7.81. The summed E-state index contributed by atoms with van der Waals surface area (Å²) in [6, 6.07) is 41.3. The fourth-order valence-corrected chi connectivity index (χ4v) is 6.78. The van der Waals surface area contributed by atoms with Gasteiger partial charge in [-0.3, -0.25) is 4.98 Å². The molecule has 1 aliphatic rings. The van der Waals surface area contributed by atoms with Crippen LogP contribution in [0.4, 0.5) is 0 Å². The molecule has 1 aliphatic carbocycles. The first kappa shape index (κ1) is 22.2. The van der Waals surface area contributed by atoms with Gasteiger partial charge in [-0.05, 0) is 84.9 Å². The molecule has 0 unspecified atom stereocenters. The Morgan fingerprint density at radius 3 is 1.77 bits per heavy atom. The third kappa shape index (κ3) is 3.09. The lowest BCUT2D eigenvalue weighted by atomic mass is 9.78. The maximum Gasteiger partial charge on any atom is 0.0893 e. The van der Waals surface area contributed by atoms with E-state index in [4.69, 9.17) is 4.98 Å². The first-order valence-corrected chi connectivity index (χ1v) is 13.5. The van der Waals surface area contributed by atoms with Gasteiger partial charge < -0.3 is 0 Å². The monoisotopic (exact) mass is 498 g/mol. The summed E-state index contributed by atoms with van der Waals surface area (Å²) >= 11 is 0. The molecule has 2 heterocycles. The van der Waals surface area contributed by atoms with Crippen molar-refractivity contribution in [2.24, 2.45) is 0 Å². The number of hydrogen-bond acceptors (Lipinski definition) is 2. The van der Waals surface area contributed by atoms with E-state index in [2.05, 4.69) is 110 Å². The zero-order valence-electron chi connectivity index (χ0n) is 21.9. The van der Waals surface area contributed by atoms with Gasteiger partial charge in [-0.15, -0.1) is 0 Å². The number of benzene rings is 5. The van der Waals surface area contributed by atoms with Crippen molar-refractivity contribution < 1.29 is 0 Å². The highest BCUT2D eigenvalue weighted by molar-refractivity contribution is 6.22. The van der Waals surface area contributed by atoms with Gasteiger partial charge in [0.2, 0.25) is 0 Å². The normalized spacial score (nSPS) is 13.6. The third-order valence-corrected chi connectivity index (χ3v) is 8.48. The van der Waals surface area contributed by atoms with Crippen LogP contribution in [0.3, 0.4) is 0 Å². The van der Waals surface area contributed by atoms with E-state index in [0.29, 0.717) is 0 Å². The zero-order valence-corrected chi connectivity index (χ0v) is 21.9. The molecule has 2 aromatic heterocycles. The summed E-state index contributed by atoms with van der Waals surface area (Å²) in [6.07, 6.45) is 1.82. The van der Waals surface area contributed by atoms with E-state index < -0.39 is 0 Å². The fourth-order valence-electron chi connectivity index (χ4n) is 6.78. The van der Waals surface area contributed by atoms with Gasteiger partial charge in [-0.1, -0.05) is 98.8 Å². The molecule has 0 atom stereocenters. The van der Waals surface area contributed by atoms with Crippen LogP contribution in [0, 0.1) is 0 Å². The molecule has 0 aliphatic heterocycles. The molecular weight excluding hydrogens is 472 g/mol. The molecule has 5 aromatic carbocycles. The lowest BCUT2D eigenvalue weighted by Crippen LogP contribution is -2.16. The van der Waals surface area contributed by atoms with Crippen LogP contribution in [0.25, 0.3) is 66.1 Å². The average Bonchev–Trinajstić information content (AvgIpc) is 3.24. The van der Waals surface area contributed by atoms with E-state index in [1.165, 1.54) is 54.6 Å². The molecule has 39 heavy (non-hydrogen) atoms. The first-order valence-electron chi connectivity index (χ1n) is 13.5. The Morgan fingerprint density at radius 1 is 0.487 bits per heavy atom. The maximum atomic E-state index is 5.12. The minimum atomic E-state index is -0.175. The lowest BCUT2D eigenvalue weighted by Gasteiger charge is -2.24. The van der Waals surface area contributed by atoms with E-state index in [1.54, 1.807) is 0 Å². The zero-order chi connectivity index (χ0) is 26.1. The molecule has 0 radical (unpaired) electrons. The number of hydrogen-bond donors (Lipinski definition) is 0. The van der Waals surface area contributed by atoms with Gasteiger partial charge in [0.1, 0.15) is 0 Å². The van der Waals surface area contributed by atoms with Crippen molar-refractivity contribution in [2.45, 2.75) is 19.3 Å². The third-order valence-electron chi connectivity index (χ3n) is 8.48. The van der Waals surface area contributed by atoms with Crippen LogP contribution < -0.4 is 0 Å². The quantitative estimate of drug-likeness (QED) is 0.222. The molecule has 184 valence electrons.